The quantitative estimate of drug-likeness (QED) is 0.702. The summed E-state index contributed by atoms with van der Waals surface area (Å²) in [5.74, 6) is 0. The fraction of sp³-hybridized carbons (Fsp3) is 1.00. The lowest BCUT2D eigenvalue weighted by Gasteiger charge is -2.24. The smallest absolute Gasteiger partial charge is 0.279 e. The number of nitrogens with zero attached hydrogens (tertiary/aromatic N) is 1. The lowest BCUT2D eigenvalue weighted by Crippen LogP contribution is -2.43. The second-order valence-corrected chi connectivity index (χ2v) is 6.51. The zero-order chi connectivity index (χ0) is 11.5. The van der Waals surface area contributed by atoms with E-state index in [2.05, 4.69) is 4.72 Å². The second kappa shape index (κ2) is 4.78. The molecule has 6 heteroatoms. The minimum Gasteiger partial charge on any atom is -0.396 e. The summed E-state index contributed by atoms with van der Waals surface area (Å²) in [6.45, 7) is 5.08. The van der Waals surface area contributed by atoms with E-state index in [0.29, 0.717) is 13.1 Å². The van der Waals surface area contributed by atoms with E-state index >= 15 is 0 Å². The number of nitrogens with one attached hydrogen (secondary N) is 1. The Morgan fingerprint density at radius 2 is 1.87 bits per heavy atom. The fourth-order valence-corrected chi connectivity index (χ4v) is 2.86. The molecule has 5 nitrogen and oxygen atoms in total. The van der Waals surface area contributed by atoms with Gasteiger partial charge in [-0.15, -0.1) is 0 Å². The van der Waals surface area contributed by atoms with Gasteiger partial charge < -0.3 is 5.11 Å². The number of aliphatic hydroxyl groups is 1. The normalized spacial score (nSPS) is 19.7. The van der Waals surface area contributed by atoms with E-state index in [1.807, 2.05) is 13.8 Å². The van der Waals surface area contributed by atoms with Crippen LogP contribution in [0.4, 0.5) is 0 Å². The highest BCUT2D eigenvalue weighted by Crippen LogP contribution is 2.15. The summed E-state index contributed by atoms with van der Waals surface area (Å²) in [7, 11) is -3.33. The van der Waals surface area contributed by atoms with Gasteiger partial charge in [-0.25, -0.2) is 4.72 Å². The predicted octanol–water partition coefficient (Wildman–Crippen LogP) is -0.0649. The topological polar surface area (TPSA) is 69.6 Å². The third kappa shape index (κ3) is 3.71. The van der Waals surface area contributed by atoms with Gasteiger partial charge >= 0.3 is 0 Å². The van der Waals surface area contributed by atoms with Crippen molar-refractivity contribution in [3.05, 3.63) is 0 Å². The minimum atomic E-state index is -3.33. The molecule has 0 bridgehead atoms. The van der Waals surface area contributed by atoms with Gasteiger partial charge in [0.25, 0.3) is 10.2 Å². The van der Waals surface area contributed by atoms with Crippen LogP contribution >= 0.6 is 0 Å². The maximum Gasteiger partial charge on any atom is 0.279 e. The fourth-order valence-electron chi connectivity index (χ4n) is 1.36. The largest absolute Gasteiger partial charge is 0.396 e. The Bertz CT molecular complexity index is 294. The molecule has 90 valence electrons. The van der Waals surface area contributed by atoms with Crippen molar-refractivity contribution in [2.75, 3.05) is 26.2 Å². The standard InChI is InChI=1S/C9H20N2O3S/c1-9(2,8-12)7-10-15(13,14)11-5-3-4-6-11/h10,12H,3-8H2,1-2H3. The highest BCUT2D eigenvalue weighted by molar-refractivity contribution is 7.87. The van der Waals surface area contributed by atoms with E-state index in [1.165, 1.54) is 4.31 Å². The first-order valence-electron chi connectivity index (χ1n) is 5.23. The van der Waals surface area contributed by atoms with Crippen LogP contribution in [0, 0.1) is 5.41 Å². The molecule has 0 atom stereocenters. The average molecular weight is 236 g/mol. The van der Waals surface area contributed by atoms with E-state index in [0.717, 1.165) is 12.8 Å². The Morgan fingerprint density at radius 3 is 2.33 bits per heavy atom. The zero-order valence-electron chi connectivity index (χ0n) is 9.36. The summed E-state index contributed by atoms with van der Waals surface area (Å²) in [5, 5.41) is 9.01. The average Bonchev–Trinajstić information content (AvgIpc) is 2.69. The van der Waals surface area contributed by atoms with Gasteiger partial charge in [-0.3, -0.25) is 0 Å². The molecular weight excluding hydrogens is 216 g/mol. The number of rotatable bonds is 5. The zero-order valence-corrected chi connectivity index (χ0v) is 10.2. The maximum atomic E-state index is 11.7. The Labute approximate surface area is 91.7 Å². The van der Waals surface area contributed by atoms with Crippen LogP contribution in [-0.4, -0.2) is 44.1 Å². The first-order valence-corrected chi connectivity index (χ1v) is 6.67. The Balaban J connectivity index is 2.50. The third-order valence-corrected chi connectivity index (χ3v) is 4.12. The van der Waals surface area contributed by atoms with Crippen molar-refractivity contribution in [2.45, 2.75) is 26.7 Å². The molecule has 0 saturated carbocycles. The summed E-state index contributed by atoms with van der Waals surface area (Å²) in [5.41, 5.74) is -0.410. The van der Waals surface area contributed by atoms with Crippen LogP contribution in [-0.2, 0) is 10.2 Å². The molecular formula is C9H20N2O3S. The van der Waals surface area contributed by atoms with Crippen LogP contribution in [0.1, 0.15) is 26.7 Å². The van der Waals surface area contributed by atoms with Crippen LogP contribution in [0.5, 0.6) is 0 Å². The molecule has 0 spiro atoms. The number of hydrogen-bond acceptors (Lipinski definition) is 3. The van der Waals surface area contributed by atoms with Crippen LogP contribution in [0.15, 0.2) is 0 Å². The van der Waals surface area contributed by atoms with Crippen LogP contribution in [0.3, 0.4) is 0 Å². The van der Waals surface area contributed by atoms with E-state index in [9.17, 15) is 8.42 Å². The summed E-state index contributed by atoms with van der Waals surface area (Å²) in [6.07, 6.45) is 1.87. The first-order chi connectivity index (χ1) is 6.87. The molecule has 0 aromatic rings. The van der Waals surface area contributed by atoms with Crippen molar-refractivity contribution in [2.24, 2.45) is 5.41 Å². The lowest BCUT2D eigenvalue weighted by molar-refractivity contribution is 0.162. The molecule has 1 heterocycles. The number of hydrogen-bond donors (Lipinski definition) is 2. The number of aliphatic hydroxyl groups excluding tert-OH is 1. The molecule has 0 aromatic heterocycles. The maximum absolute atomic E-state index is 11.7. The van der Waals surface area contributed by atoms with Crippen molar-refractivity contribution < 1.29 is 13.5 Å². The van der Waals surface area contributed by atoms with Gasteiger partial charge in [0.05, 0.1) is 0 Å². The monoisotopic (exact) mass is 236 g/mol. The van der Waals surface area contributed by atoms with Crippen molar-refractivity contribution >= 4 is 10.2 Å². The molecule has 0 unspecified atom stereocenters. The van der Waals surface area contributed by atoms with Gasteiger partial charge in [0.15, 0.2) is 0 Å². The van der Waals surface area contributed by atoms with E-state index in [-0.39, 0.29) is 13.2 Å². The molecule has 0 radical (unpaired) electrons. The Hall–Kier alpha value is -0.170. The van der Waals surface area contributed by atoms with Gasteiger partial charge in [0, 0.05) is 31.7 Å². The SMILES string of the molecule is CC(C)(CO)CNS(=O)(=O)N1CCCC1. The van der Waals surface area contributed by atoms with Crippen molar-refractivity contribution in [3.63, 3.8) is 0 Å². The second-order valence-electron chi connectivity index (χ2n) is 4.75. The summed E-state index contributed by atoms with van der Waals surface area (Å²) in [6, 6.07) is 0. The van der Waals surface area contributed by atoms with Gasteiger partial charge in [0.2, 0.25) is 0 Å². The van der Waals surface area contributed by atoms with Crippen molar-refractivity contribution in [3.8, 4) is 0 Å². The summed E-state index contributed by atoms with van der Waals surface area (Å²) in [4.78, 5) is 0. The molecule has 1 saturated heterocycles. The molecule has 2 N–H and O–H groups in total. The molecule has 0 amide bonds. The summed E-state index contributed by atoms with van der Waals surface area (Å²) < 4.78 is 27.4. The van der Waals surface area contributed by atoms with E-state index in [1.54, 1.807) is 0 Å². The van der Waals surface area contributed by atoms with Gasteiger partial charge in [0.1, 0.15) is 0 Å². The minimum absolute atomic E-state index is 0.0322. The molecule has 15 heavy (non-hydrogen) atoms. The molecule has 1 aliphatic heterocycles. The van der Waals surface area contributed by atoms with Crippen LogP contribution in [0.2, 0.25) is 0 Å². The van der Waals surface area contributed by atoms with Crippen molar-refractivity contribution in [1.29, 1.82) is 0 Å². The molecule has 1 aliphatic rings. The molecule has 1 fully saturated rings. The van der Waals surface area contributed by atoms with Gasteiger partial charge in [-0.05, 0) is 12.8 Å². The molecule has 0 aliphatic carbocycles. The highest BCUT2D eigenvalue weighted by Gasteiger charge is 2.27. The molecule has 1 rings (SSSR count). The summed E-state index contributed by atoms with van der Waals surface area (Å²) >= 11 is 0. The highest BCUT2D eigenvalue weighted by atomic mass is 32.2. The Morgan fingerprint density at radius 1 is 1.33 bits per heavy atom. The lowest BCUT2D eigenvalue weighted by atomic mass is 9.96. The van der Waals surface area contributed by atoms with E-state index < -0.39 is 15.6 Å². The van der Waals surface area contributed by atoms with Crippen molar-refractivity contribution in [1.82, 2.24) is 9.03 Å². The third-order valence-electron chi connectivity index (χ3n) is 2.57. The van der Waals surface area contributed by atoms with Gasteiger partial charge in [-0.1, -0.05) is 13.8 Å². The first kappa shape index (κ1) is 12.9. The van der Waals surface area contributed by atoms with Gasteiger partial charge in [-0.2, -0.15) is 12.7 Å². The van der Waals surface area contributed by atoms with Crippen LogP contribution in [0.25, 0.3) is 0 Å². The molecule has 0 aromatic carbocycles. The predicted molar refractivity (Wildman–Crippen MR) is 58.6 cm³/mol. The van der Waals surface area contributed by atoms with Crippen LogP contribution < -0.4 is 4.72 Å². The Kier molecular flexibility index (Phi) is 4.11. The van der Waals surface area contributed by atoms with E-state index in [4.69, 9.17) is 5.11 Å².